The van der Waals surface area contributed by atoms with Crippen molar-refractivity contribution >= 4 is 33.8 Å². The number of phenols is 1. The lowest BCUT2D eigenvalue weighted by Crippen LogP contribution is -2.76. The Hall–Kier alpha value is -4.03. The van der Waals surface area contributed by atoms with Gasteiger partial charge in [0, 0.05) is 42.7 Å². The van der Waals surface area contributed by atoms with Gasteiger partial charge in [-0.1, -0.05) is 46.3 Å². The van der Waals surface area contributed by atoms with Gasteiger partial charge in [-0.15, -0.1) is 0 Å². The van der Waals surface area contributed by atoms with Crippen LogP contribution in [0, 0.1) is 11.6 Å². The molecule has 2 atom stereocenters. The Morgan fingerprint density at radius 1 is 1.02 bits per heavy atom. The van der Waals surface area contributed by atoms with Crippen LogP contribution in [0.4, 0.5) is 13.6 Å². The predicted octanol–water partition coefficient (Wildman–Crippen LogP) is 3.61. The van der Waals surface area contributed by atoms with Crippen LogP contribution in [-0.4, -0.2) is 75.1 Å². The van der Waals surface area contributed by atoms with Crippen molar-refractivity contribution in [2.75, 3.05) is 20.1 Å². The summed E-state index contributed by atoms with van der Waals surface area (Å²) in [5.74, 6) is -2.23. The number of aromatic hydroxyl groups is 1. The molecule has 12 heteroatoms. The molecule has 2 N–H and O–H groups in total. The van der Waals surface area contributed by atoms with E-state index in [2.05, 4.69) is 21.2 Å². The summed E-state index contributed by atoms with van der Waals surface area (Å²) >= 11 is 3.39. The molecular formula is C29H28BrF2N5O4. The predicted molar refractivity (Wildman–Crippen MR) is 149 cm³/mol. The average Bonchev–Trinajstić information content (AvgIpc) is 2.93. The fourth-order valence-electron chi connectivity index (χ4n) is 5.22. The first-order chi connectivity index (χ1) is 19.6. The van der Waals surface area contributed by atoms with Crippen LogP contribution in [0.15, 0.2) is 71.2 Å². The van der Waals surface area contributed by atoms with Crippen molar-refractivity contribution in [3.63, 3.8) is 0 Å². The quantitative estimate of drug-likeness (QED) is 0.435. The van der Waals surface area contributed by atoms with Crippen LogP contribution >= 0.6 is 15.9 Å². The molecule has 3 aromatic carbocycles. The summed E-state index contributed by atoms with van der Waals surface area (Å²) < 4.78 is 29.1. The zero-order valence-corrected chi connectivity index (χ0v) is 23.7. The van der Waals surface area contributed by atoms with Crippen molar-refractivity contribution < 1.29 is 28.3 Å². The maximum absolute atomic E-state index is 14.6. The fourth-order valence-corrected chi connectivity index (χ4v) is 5.48. The van der Waals surface area contributed by atoms with E-state index in [4.69, 9.17) is 0 Å². The van der Waals surface area contributed by atoms with Gasteiger partial charge >= 0.3 is 6.03 Å². The van der Waals surface area contributed by atoms with Crippen molar-refractivity contribution in [2.45, 2.75) is 31.7 Å². The molecule has 0 aromatic heterocycles. The van der Waals surface area contributed by atoms with Crippen molar-refractivity contribution in [2.24, 2.45) is 0 Å². The third-order valence-corrected chi connectivity index (χ3v) is 7.77. The molecule has 3 aromatic rings. The average molecular weight is 628 g/mol. The number of phenolic OH excluding ortho intramolecular Hbond substituents is 1. The largest absolute Gasteiger partial charge is 0.508 e. The Kier molecular flexibility index (Phi) is 8.22. The first kappa shape index (κ1) is 28.5. The third-order valence-electron chi connectivity index (χ3n) is 7.25. The van der Waals surface area contributed by atoms with Crippen molar-refractivity contribution in [3.05, 3.63) is 99.5 Å². The van der Waals surface area contributed by atoms with Gasteiger partial charge in [-0.2, -0.15) is 0 Å². The van der Waals surface area contributed by atoms with Crippen LogP contribution in [0.25, 0.3) is 0 Å². The van der Waals surface area contributed by atoms with Gasteiger partial charge < -0.3 is 20.2 Å². The minimum absolute atomic E-state index is 0.0549. The number of hydrogen-bond donors (Lipinski definition) is 2. The van der Waals surface area contributed by atoms with Gasteiger partial charge in [0.1, 0.15) is 29.6 Å². The number of nitrogens with one attached hydrogen (secondary N) is 1. The Balaban J connectivity index is 1.46. The Bertz CT molecular complexity index is 1460. The molecule has 0 spiro atoms. The first-order valence-electron chi connectivity index (χ1n) is 12.9. The van der Waals surface area contributed by atoms with E-state index < -0.39 is 35.8 Å². The molecule has 0 bridgehead atoms. The van der Waals surface area contributed by atoms with Gasteiger partial charge in [-0.05, 0) is 41.5 Å². The SMILES string of the molecule is CN1CC(=O)N2[C@@H](Cc3ccc(O)cc3)C(=O)N(Cc3ccc(F)cc3F)C[C@@H]2N1C(=O)NCc1ccc(Br)cc1. The van der Waals surface area contributed by atoms with E-state index in [9.17, 15) is 28.3 Å². The number of carbonyl (C=O) groups is 3. The second kappa shape index (κ2) is 11.8. The number of nitrogens with zero attached hydrogens (tertiary/aromatic N) is 4. The van der Waals surface area contributed by atoms with E-state index in [1.165, 1.54) is 38.0 Å². The standard InChI is InChI=1S/C29H28BrF2N5O4/c1-34-17-27(39)36-25(12-18-4-10-23(38)11-5-18)28(40)35(15-20-6-9-22(31)13-24(20)32)16-26(36)37(34)29(41)33-14-19-2-7-21(30)8-3-19/h2-11,13,25-26,38H,12,14-17H2,1H3,(H,33,41)/t25-,26-/m0/s1. The molecule has 4 amide bonds. The summed E-state index contributed by atoms with van der Waals surface area (Å²) in [6, 6.07) is 15.4. The molecule has 2 aliphatic heterocycles. The number of benzene rings is 3. The number of piperazine rings is 1. The molecule has 0 radical (unpaired) electrons. The van der Waals surface area contributed by atoms with E-state index in [0.29, 0.717) is 5.56 Å². The molecule has 9 nitrogen and oxygen atoms in total. The molecule has 2 saturated heterocycles. The van der Waals surface area contributed by atoms with Gasteiger partial charge in [-0.25, -0.2) is 23.6 Å². The van der Waals surface area contributed by atoms with E-state index in [-0.39, 0.29) is 49.8 Å². The van der Waals surface area contributed by atoms with Crippen molar-refractivity contribution in [1.29, 1.82) is 0 Å². The van der Waals surface area contributed by atoms with Crippen molar-refractivity contribution in [3.8, 4) is 5.75 Å². The highest BCUT2D eigenvalue weighted by Gasteiger charge is 2.50. The van der Waals surface area contributed by atoms with Gasteiger partial charge in [-0.3, -0.25) is 9.59 Å². The minimum atomic E-state index is -0.996. The van der Waals surface area contributed by atoms with E-state index in [1.807, 2.05) is 24.3 Å². The van der Waals surface area contributed by atoms with E-state index in [0.717, 1.165) is 22.2 Å². The minimum Gasteiger partial charge on any atom is -0.508 e. The van der Waals surface area contributed by atoms with Crippen LogP contribution in [-0.2, 0) is 29.1 Å². The molecule has 0 aliphatic carbocycles. The number of hydrazine groups is 1. The van der Waals surface area contributed by atoms with Gasteiger partial charge in [0.25, 0.3) is 0 Å². The van der Waals surface area contributed by atoms with Gasteiger partial charge in [0.05, 0.1) is 13.1 Å². The number of rotatable bonds is 6. The summed E-state index contributed by atoms with van der Waals surface area (Å²) in [7, 11) is 1.61. The summed E-state index contributed by atoms with van der Waals surface area (Å²) in [6.07, 6.45) is -0.767. The molecular weight excluding hydrogens is 600 g/mol. The van der Waals surface area contributed by atoms with E-state index in [1.54, 1.807) is 19.2 Å². The van der Waals surface area contributed by atoms with Crippen LogP contribution in [0.3, 0.4) is 0 Å². The number of urea groups is 1. The second-order valence-corrected chi connectivity index (χ2v) is 11.0. The summed E-state index contributed by atoms with van der Waals surface area (Å²) in [4.78, 5) is 43.6. The highest BCUT2D eigenvalue weighted by atomic mass is 79.9. The maximum Gasteiger partial charge on any atom is 0.334 e. The molecule has 41 heavy (non-hydrogen) atoms. The Morgan fingerprint density at radius 2 is 1.71 bits per heavy atom. The number of carbonyl (C=O) groups excluding carboxylic acids is 3. The molecule has 2 aliphatic rings. The van der Waals surface area contributed by atoms with Gasteiger partial charge in [0.2, 0.25) is 11.8 Å². The summed E-state index contributed by atoms with van der Waals surface area (Å²) in [5, 5.41) is 15.5. The second-order valence-electron chi connectivity index (χ2n) is 10.1. The van der Waals surface area contributed by atoms with Crippen LogP contribution in [0.1, 0.15) is 16.7 Å². The normalized spacial score (nSPS) is 19.4. The maximum atomic E-state index is 14.6. The highest BCUT2D eigenvalue weighted by Crippen LogP contribution is 2.29. The lowest BCUT2D eigenvalue weighted by molar-refractivity contribution is -0.187. The number of fused-ring (bicyclic) bond motifs is 1. The van der Waals surface area contributed by atoms with Crippen molar-refractivity contribution in [1.82, 2.24) is 25.1 Å². The van der Waals surface area contributed by atoms with Gasteiger partial charge in [0.15, 0.2) is 0 Å². The Morgan fingerprint density at radius 3 is 2.39 bits per heavy atom. The molecule has 0 unspecified atom stereocenters. The Labute approximate surface area is 244 Å². The number of halogens is 3. The molecule has 2 heterocycles. The molecule has 0 saturated carbocycles. The monoisotopic (exact) mass is 627 g/mol. The fraction of sp³-hybridized carbons (Fsp3) is 0.276. The topological polar surface area (TPSA) is 96.4 Å². The zero-order chi connectivity index (χ0) is 29.3. The van der Waals surface area contributed by atoms with Crippen LogP contribution < -0.4 is 5.32 Å². The third kappa shape index (κ3) is 6.18. The lowest BCUT2D eigenvalue weighted by atomic mass is 9.98. The smallest absolute Gasteiger partial charge is 0.334 e. The molecule has 2 fully saturated rings. The lowest BCUT2D eigenvalue weighted by Gasteiger charge is -2.54. The summed E-state index contributed by atoms with van der Waals surface area (Å²) in [5.41, 5.74) is 1.66. The number of likely N-dealkylation sites (N-methyl/N-ethyl adjacent to an activating group) is 1. The molecule has 214 valence electrons. The molecule has 5 rings (SSSR count). The zero-order valence-electron chi connectivity index (χ0n) is 22.1. The van der Waals surface area contributed by atoms with Crippen LogP contribution in [0.2, 0.25) is 0 Å². The first-order valence-corrected chi connectivity index (χ1v) is 13.7. The van der Waals surface area contributed by atoms with E-state index >= 15 is 0 Å². The highest BCUT2D eigenvalue weighted by molar-refractivity contribution is 9.10. The number of amides is 4. The summed E-state index contributed by atoms with van der Waals surface area (Å²) in [6.45, 7) is -0.150. The van der Waals surface area contributed by atoms with Crippen LogP contribution in [0.5, 0.6) is 5.75 Å². The number of hydrogen-bond acceptors (Lipinski definition) is 5.